The number of carboxylic acid groups (broad SMARTS) is 1. The third kappa shape index (κ3) is 2.58. The summed E-state index contributed by atoms with van der Waals surface area (Å²) < 4.78 is 2.11. The van der Waals surface area contributed by atoms with Crippen molar-refractivity contribution < 1.29 is 14.7 Å². The zero-order chi connectivity index (χ0) is 16.7. The van der Waals surface area contributed by atoms with Crippen LogP contribution in [-0.4, -0.2) is 38.0 Å². The van der Waals surface area contributed by atoms with E-state index in [0.717, 1.165) is 36.2 Å². The number of carbonyl (C=O) groups excluding carboxylic acids is 1. The molecule has 6 heteroatoms. The first kappa shape index (κ1) is 14.9. The number of amides is 1. The lowest BCUT2D eigenvalue weighted by atomic mass is 9.92. The van der Waals surface area contributed by atoms with E-state index in [2.05, 4.69) is 9.55 Å². The highest BCUT2D eigenvalue weighted by molar-refractivity contribution is 5.88. The van der Waals surface area contributed by atoms with Crippen molar-refractivity contribution >= 4 is 11.9 Å². The predicted molar refractivity (Wildman–Crippen MR) is 86.6 cm³/mol. The summed E-state index contributed by atoms with van der Waals surface area (Å²) in [6.45, 7) is 2.08. The maximum atomic E-state index is 12.9. The lowest BCUT2D eigenvalue weighted by Crippen LogP contribution is -2.41. The van der Waals surface area contributed by atoms with E-state index in [1.165, 1.54) is 0 Å². The molecule has 0 aliphatic carbocycles. The highest BCUT2D eigenvalue weighted by atomic mass is 16.4. The van der Waals surface area contributed by atoms with E-state index in [4.69, 9.17) is 5.11 Å². The summed E-state index contributed by atoms with van der Waals surface area (Å²) >= 11 is 0. The minimum absolute atomic E-state index is 0.0223. The quantitative estimate of drug-likeness (QED) is 0.912. The van der Waals surface area contributed by atoms with Gasteiger partial charge in [-0.05, 0) is 36.1 Å². The summed E-state index contributed by atoms with van der Waals surface area (Å²) in [5, 5.41) is 9.09. The van der Waals surface area contributed by atoms with Crippen molar-refractivity contribution in [1.82, 2.24) is 14.5 Å². The highest BCUT2D eigenvalue weighted by Gasteiger charge is 2.30. The van der Waals surface area contributed by atoms with Crippen LogP contribution in [0.3, 0.4) is 0 Å². The predicted octanol–water partition coefficient (Wildman–Crippen LogP) is 1.73. The summed E-state index contributed by atoms with van der Waals surface area (Å²) in [5.74, 6) is -0.681. The Morgan fingerprint density at radius 2 is 2.08 bits per heavy atom. The van der Waals surface area contributed by atoms with E-state index in [9.17, 15) is 9.59 Å². The smallest absolute Gasteiger partial charge is 0.335 e. The van der Waals surface area contributed by atoms with E-state index in [1.807, 2.05) is 23.5 Å². The van der Waals surface area contributed by atoms with Crippen LogP contribution in [0.4, 0.5) is 0 Å². The van der Waals surface area contributed by atoms with Crippen molar-refractivity contribution in [3.63, 3.8) is 0 Å². The minimum atomic E-state index is -0.907. The lowest BCUT2D eigenvalue weighted by molar-refractivity contribution is -0.137. The molecule has 2 aliphatic rings. The number of carbonyl (C=O) groups is 2. The minimum Gasteiger partial charge on any atom is -0.478 e. The fourth-order valence-corrected chi connectivity index (χ4v) is 3.71. The molecule has 1 amide bonds. The van der Waals surface area contributed by atoms with Gasteiger partial charge in [0.15, 0.2) is 0 Å². The Morgan fingerprint density at radius 1 is 1.21 bits per heavy atom. The molecule has 24 heavy (non-hydrogen) atoms. The van der Waals surface area contributed by atoms with E-state index in [-0.39, 0.29) is 11.8 Å². The van der Waals surface area contributed by atoms with Gasteiger partial charge in [-0.3, -0.25) is 4.79 Å². The van der Waals surface area contributed by atoms with E-state index in [1.54, 1.807) is 12.1 Å². The molecule has 0 fully saturated rings. The van der Waals surface area contributed by atoms with Crippen LogP contribution >= 0.6 is 0 Å². The largest absolute Gasteiger partial charge is 0.478 e. The fraction of sp³-hybridized carbons (Fsp3) is 0.389. The Bertz CT molecular complexity index is 812. The van der Waals surface area contributed by atoms with Gasteiger partial charge < -0.3 is 14.6 Å². The maximum Gasteiger partial charge on any atom is 0.335 e. The topological polar surface area (TPSA) is 75.4 Å². The standard InChI is InChI=1S/C18H19N3O3/c22-17(13-4-6-21-11-19-9-16(21)8-13)20-5-3-12-7-14(18(23)24)1-2-15(12)10-20/h1-2,7,9,11,13H,3-6,8,10H2,(H,23,24). The Balaban J connectivity index is 1.48. The number of aryl methyl sites for hydroxylation is 1. The molecule has 0 radical (unpaired) electrons. The highest BCUT2D eigenvalue weighted by Crippen LogP contribution is 2.26. The third-order valence-electron chi connectivity index (χ3n) is 5.10. The molecule has 4 rings (SSSR count). The number of hydrogen-bond donors (Lipinski definition) is 1. The van der Waals surface area contributed by atoms with Crippen molar-refractivity contribution in [3.8, 4) is 0 Å². The zero-order valence-electron chi connectivity index (χ0n) is 13.3. The molecule has 0 bridgehead atoms. The molecule has 124 valence electrons. The summed E-state index contributed by atoms with van der Waals surface area (Å²) in [5.41, 5.74) is 3.54. The van der Waals surface area contributed by atoms with E-state index in [0.29, 0.717) is 25.1 Å². The van der Waals surface area contributed by atoms with Crippen LogP contribution in [0.2, 0.25) is 0 Å². The molecular formula is C18H19N3O3. The molecule has 1 aromatic carbocycles. The van der Waals surface area contributed by atoms with E-state index >= 15 is 0 Å². The van der Waals surface area contributed by atoms with Crippen LogP contribution in [0.25, 0.3) is 0 Å². The van der Waals surface area contributed by atoms with Crippen LogP contribution in [0.5, 0.6) is 0 Å². The summed E-state index contributed by atoms with van der Waals surface area (Å²) in [6, 6.07) is 5.20. The second-order valence-electron chi connectivity index (χ2n) is 6.57. The van der Waals surface area contributed by atoms with Gasteiger partial charge in [-0.1, -0.05) is 6.07 Å². The maximum absolute atomic E-state index is 12.9. The van der Waals surface area contributed by atoms with Gasteiger partial charge in [-0.25, -0.2) is 9.78 Å². The monoisotopic (exact) mass is 325 g/mol. The molecular weight excluding hydrogens is 306 g/mol. The summed E-state index contributed by atoms with van der Waals surface area (Å²) in [6.07, 6.45) is 5.99. The van der Waals surface area contributed by atoms with Gasteiger partial charge >= 0.3 is 5.97 Å². The molecule has 0 saturated carbocycles. The molecule has 2 aliphatic heterocycles. The summed E-state index contributed by atoms with van der Waals surface area (Å²) in [7, 11) is 0. The SMILES string of the molecule is O=C(O)c1ccc2c(c1)CCN(C(=O)C1CCn3cncc3C1)C2. The first-order valence-electron chi connectivity index (χ1n) is 8.24. The van der Waals surface area contributed by atoms with Crippen molar-refractivity contribution in [2.75, 3.05) is 6.54 Å². The number of carboxylic acids is 1. The number of aromatic carboxylic acids is 1. The number of nitrogens with zero attached hydrogens (tertiary/aromatic N) is 3. The normalized spacial score (nSPS) is 19.5. The molecule has 1 atom stereocenters. The number of imidazole rings is 1. The summed E-state index contributed by atoms with van der Waals surface area (Å²) in [4.78, 5) is 30.0. The first-order valence-corrected chi connectivity index (χ1v) is 8.24. The molecule has 0 spiro atoms. The Morgan fingerprint density at radius 3 is 2.92 bits per heavy atom. The molecule has 0 saturated heterocycles. The van der Waals surface area contributed by atoms with Crippen LogP contribution < -0.4 is 0 Å². The van der Waals surface area contributed by atoms with Crippen molar-refractivity contribution in [2.24, 2.45) is 5.92 Å². The van der Waals surface area contributed by atoms with Crippen molar-refractivity contribution in [1.29, 1.82) is 0 Å². The Labute approximate surface area is 139 Å². The molecule has 2 aromatic rings. The fourth-order valence-electron chi connectivity index (χ4n) is 3.71. The van der Waals surface area contributed by atoms with Crippen molar-refractivity contribution in [3.05, 3.63) is 53.1 Å². The van der Waals surface area contributed by atoms with Gasteiger partial charge in [0.1, 0.15) is 0 Å². The first-order chi connectivity index (χ1) is 11.6. The van der Waals surface area contributed by atoms with Crippen LogP contribution in [-0.2, 0) is 30.7 Å². The molecule has 1 N–H and O–H groups in total. The number of fused-ring (bicyclic) bond motifs is 2. The van der Waals surface area contributed by atoms with Gasteiger partial charge in [-0.2, -0.15) is 0 Å². The zero-order valence-corrected chi connectivity index (χ0v) is 13.3. The van der Waals surface area contributed by atoms with Gasteiger partial charge in [0.2, 0.25) is 5.91 Å². The Hall–Kier alpha value is -2.63. The van der Waals surface area contributed by atoms with Crippen LogP contribution in [0.1, 0.15) is 33.6 Å². The second kappa shape index (κ2) is 5.78. The average Bonchev–Trinajstić information content (AvgIpc) is 3.07. The number of aromatic nitrogens is 2. The Kier molecular flexibility index (Phi) is 3.59. The second-order valence-corrected chi connectivity index (χ2v) is 6.57. The number of rotatable bonds is 2. The molecule has 1 aromatic heterocycles. The molecule has 6 nitrogen and oxygen atoms in total. The van der Waals surface area contributed by atoms with Crippen LogP contribution in [0.15, 0.2) is 30.7 Å². The number of hydrogen-bond acceptors (Lipinski definition) is 3. The molecule has 1 unspecified atom stereocenters. The van der Waals surface area contributed by atoms with Crippen molar-refractivity contribution in [2.45, 2.75) is 32.4 Å². The molecule has 3 heterocycles. The van der Waals surface area contributed by atoms with E-state index < -0.39 is 5.97 Å². The van der Waals surface area contributed by atoms with Gasteiger partial charge in [0.25, 0.3) is 0 Å². The van der Waals surface area contributed by atoms with Gasteiger partial charge in [-0.15, -0.1) is 0 Å². The van der Waals surface area contributed by atoms with Gasteiger partial charge in [0, 0.05) is 43.9 Å². The third-order valence-corrected chi connectivity index (χ3v) is 5.10. The average molecular weight is 325 g/mol. The van der Waals surface area contributed by atoms with Gasteiger partial charge in [0.05, 0.1) is 11.9 Å². The number of benzene rings is 1. The van der Waals surface area contributed by atoms with Crippen LogP contribution in [0, 0.1) is 5.92 Å². The lowest BCUT2D eigenvalue weighted by Gasteiger charge is -2.33.